The van der Waals surface area contributed by atoms with Gasteiger partial charge in [0.1, 0.15) is 5.75 Å². The molecule has 2 aromatic carbocycles. The molecule has 0 saturated carbocycles. The van der Waals surface area contributed by atoms with Crippen LogP contribution in [0.25, 0.3) is 11.1 Å². The zero-order chi connectivity index (χ0) is 19.8. The third-order valence-electron chi connectivity index (χ3n) is 6.08. The highest BCUT2D eigenvalue weighted by molar-refractivity contribution is 6.63. The standard InChI is InChI=1S/C23H31BO3/c1-7-8-14-18-20(25)15-19(17-12-10-9-11-13-17)16(2)21(18)24-26-22(3,4)23(5,6)27-24/h9-13,15,25H,7-8,14H2,1-6H3. The minimum Gasteiger partial charge on any atom is -0.508 e. The van der Waals surface area contributed by atoms with E-state index >= 15 is 0 Å². The quantitative estimate of drug-likeness (QED) is 0.756. The average Bonchev–Trinajstić information content (AvgIpc) is 2.83. The van der Waals surface area contributed by atoms with E-state index in [1.165, 1.54) is 0 Å². The molecule has 0 radical (unpaired) electrons. The summed E-state index contributed by atoms with van der Waals surface area (Å²) in [6, 6.07) is 12.1. The van der Waals surface area contributed by atoms with Crippen LogP contribution < -0.4 is 5.46 Å². The van der Waals surface area contributed by atoms with E-state index in [0.29, 0.717) is 5.75 Å². The van der Waals surface area contributed by atoms with Crippen molar-refractivity contribution in [3.8, 4) is 16.9 Å². The third-order valence-corrected chi connectivity index (χ3v) is 6.08. The summed E-state index contributed by atoms with van der Waals surface area (Å²) in [5.74, 6) is 0.331. The lowest BCUT2D eigenvalue weighted by molar-refractivity contribution is 0.00578. The second-order valence-corrected chi connectivity index (χ2v) is 8.52. The van der Waals surface area contributed by atoms with Crippen LogP contribution in [0.4, 0.5) is 0 Å². The molecule has 0 aromatic heterocycles. The fourth-order valence-corrected chi connectivity index (χ4v) is 3.66. The number of phenols is 1. The maximum atomic E-state index is 10.9. The molecular formula is C23H31BO3. The lowest BCUT2D eigenvalue weighted by atomic mass is 9.70. The molecular weight excluding hydrogens is 335 g/mol. The van der Waals surface area contributed by atoms with Gasteiger partial charge in [0.2, 0.25) is 0 Å². The molecule has 1 aliphatic rings. The predicted molar refractivity (Wildman–Crippen MR) is 113 cm³/mol. The van der Waals surface area contributed by atoms with Crippen LogP contribution in [-0.2, 0) is 15.7 Å². The molecule has 1 saturated heterocycles. The Morgan fingerprint density at radius 1 is 1.00 bits per heavy atom. The summed E-state index contributed by atoms with van der Waals surface area (Å²) in [5, 5.41) is 10.9. The van der Waals surface area contributed by atoms with Crippen molar-refractivity contribution in [2.45, 2.75) is 72.0 Å². The van der Waals surface area contributed by atoms with Gasteiger partial charge in [-0.05, 0) is 81.2 Å². The van der Waals surface area contributed by atoms with E-state index in [1.807, 2.05) is 24.3 Å². The molecule has 0 bridgehead atoms. The Bertz CT molecular complexity index is 796. The van der Waals surface area contributed by atoms with Gasteiger partial charge in [-0.15, -0.1) is 0 Å². The molecule has 0 amide bonds. The van der Waals surface area contributed by atoms with Crippen LogP contribution in [0.5, 0.6) is 5.75 Å². The molecule has 3 rings (SSSR count). The Morgan fingerprint density at radius 3 is 2.15 bits per heavy atom. The van der Waals surface area contributed by atoms with Crippen LogP contribution in [-0.4, -0.2) is 23.4 Å². The Hall–Kier alpha value is -1.78. The zero-order valence-corrected chi connectivity index (χ0v) is 17.4. The van der Waals surface area contributed by atoms with Crippen molar-refractivity contribution in [1.29, 1.82) is 0 Å². The molecule has 0 unspecified atom stereocenters. The number of unbranched alkanes of at least 4 members (excludes halogenated alkanes) is 1. The van der Waals surface area contributed by atoms with Crippen molar-refractivity contribution >= 4 is 12.6 Å². The van der Waals surface area contributed by atoms with Crippen molar-refractivity contribution in [2.24, 2.45) is 0 Å². The Labute approximate surface area is 163 Å². The van der Waals surface area contributed by atoms with Gasteiger partial charge in [0, 0.05) is 0 Å². The van der Waals surface area contributed by atoms with E-state index in [4.69, 9.17) is 9.31 Å². The van der Waals surface area contributed by atoms with Crippen molar-refractivity contribution in [2.75, 3.05) is 0 Å². The van der Waals surface area contributed by atoms with Crippen LogP contribution in [0.1, 0.15) is 58.6 Å². The van der Waals surface area contributed by atoms with E-state index in [-0.39, 0.29) is 0 Å². The van der Waals surface area contributed by atoms with Crippen LogP contribution in [0.15, 0.2) is 36.4 Å². The SMILES string of the molecule is CCCCc1c(O)cc(-c2ccccc2)c(C)c1B1OC(C)(C)C(C)(C)O1. The van der Waals surface area contributed by atoms with Gasteiger partial charge >= 0.3 is 7.12 Å². The monoisotopic (exact) mass is 366 g/mol. The van der Waals surface area contributed by atoms with E-state index < -0.39 is 18.3 Å². The van der Waals surface area contributed by atoms with Gasteiger partial charge in [0.15, 0.2) is 0 Å². The number of hydrogen-bond acceptors (Lipinski definition) is 3. The van der Waals surface area contributed by atoms with Crippen molar-refractivity contribution in [1.82, 2.24) is 0 Å². The van der Waals surface area contributed by atoms with Gasteiger partial charge in [-0.25, -0.2) is 0 Å². The van der Waals surface area contributed by atoms with Gasteiger partial charge in [-0.3, -0.25) is 0 Å². The van der Waals surface area contributed by atoms with E-state index in [1.54, 1.807) is 0 Å². The fraction of sp³-hybridized carbons (Fsp3) is 0.478. The smallest absolute Gasteiger partial charge is 0.495 e. The van der Waals surface area contributed by atoms with Gasteiger partial charge in [0.05, 0.1) is 11.2 Å². The molecule has 2 aromatic rings. The maximum absolute atomic E-state index is 10.9. The first-order valence-electron chi connectivity index (χ1n) is 9.94. The number of benzene rings is 2. The lowest BCUT2D eigenvalue weighted by Gasteiger charge is -2.32. The van der Waals surface area contributed by atoms with Gasteiger partial charge in [0.25, 0.3) is 0 Å². The largest absolute Gasteiger partial charge is 0.508 e. The van der Waals surface area contributed by atoms with Crippen molar-refractivity contribution in [3.05, 3.63) is 47.5 Å². The van der Waals surface area contributed by atoms with E-state index in [2.05, 4.69) is 53.7 Å². The zero-order valence-electron chi connectivity index (χ0n) is 17.4. The Balaban J connectivity index is 2.16. The van der Waals surface area contributed by atoms with Gasteiger partial charge in [-0.2, -0.15) is 0 Å². The van der Waals surface area contributed by atoms with Crippen LogP contribution >= 0.6 is 0 Å². The van der Waals surface area contributed by atoms with Crippen molar-refractivity contribution in [3.63, 3.8) is 0 Å². The maximum Gasteiger partial charge on any atom is 0.495 e. The fourth-order valence-electron chi connectivity index (χ4n) is 3.66. The molecule has 0 atom stereocenters. The minimum atomic E-state index is -0.476. The predicted octanol–water partition coefficient (Wildman–Crippen LogP) is 5.01. The second kappa shape index (κ2) is 7.33. The summed E-state index contributed by atoms with van der Waals surface area (Å²) in [4.78, 5) is 0. The van der Waals surface area contributed by atoms with Gasteiger partial charge in [-0.1, -0.05) is 43.7 Å². The first-order valence-corrected chi connectivity index (χ1v) is 9.94. The summed E-state index contributed by atoms with van der Waals surface area (Å²) in [5.41, 5.74) is 4.34. The molecule has 1 fully saturated rings. The summed E-state index contributed by atoms with van der Waals surface area (Å²) < 4.78 is 12.7. The van der Waals surface area contributed by atoms with E-state index in [9.17, 15) is 5.11 Å². The number of phenolic OH excluding ortho intramolecular Hbond substituents is 1. The minimum absolute atomic E-state index is 0.331. The summed E-state index contributed by atoms with van der Waals surface area (Å²) in [7, 11) is -0.476. The number of hydrogen-bond donors (Lipinski definition) is 1. The van der Waals surface area contributed by atoms with E-state index in [0.717, 1.165) is 47.0 Å². The highest BCUT2D eigenvalue weighted by Crippen LogP contribution is 2.39. The molecule has 1 heterocycles. The van der Waals surface area contributed by atoms with Crippen molar-refractivity contribution < 1.29 is 14.4 Å². The van der Waals surface area contributed by atoms with Crippen LogP contribution in [0.3, 0.4) is 0 Å². The topological polar surface area (TPSA) is 38.7 Å². The highest BCUT2D eigenvalue weighted by atomic mass is 16.7. The second-order valence-electron chi connectivity index (χ2n) is 8.52. The highest BCUT2D eigenvalue weighted by Gasteiger charge is 2.52. The molecule has 144 valence electrons. The first kappa shape index (κ1) is 20.0. The first-order chi connectivity index (χ1) is 12.7. The summed E-state index contributed by atoms with van der Waals surface area (Å²) >= 11 is 0. The summed E-state index contributed by atoms with van der Waals surface area (Å²) in [6.45, 7) is 12.5. The summed E-state index contributed by atoms with van der Waals surface area (Å²) in [6.07, 6.45) is 2.91. The molecule has 27 heavy (non-hydrogen) atoms. The molecule has 1 N–H and O–H groups in total. The molecule has 4 heteroatoms. The van der Waals surface area contributed by atoms with Crippen LogP contribution in [0.2, 0.25) is 0 Å². The number of aromatic hydroxyl groups is 1. The molecule has 3 nitrogen and oxygen atoms in total. The normalized spacial score (nSPS) is 18.1. The van der Waals surface area contributed by atoms with Crippen LogP contribution in [0, 0.1) is 6.92 Å². The lowest BCUT2D eigenvalue weighted by Crippen LogP contribution is -2.41. The number of rotatable bonds is 5. The molecule has 1 aliphatic heterocycles. The van der Waals surface area contributed by atoms with Gasteiger partial charge < -0.3 is 14.4 Å². The Morgan fingerprint density at radius 2 is 1.59 bits per heavy atom. The average molecular weight is 366 g/mol. The Kier molecular flexibility index (Phi) is 5.42. The third kappa shape index (κ3) is 3.65. The molecule has 0 spiro atoms. The molecule has 0 aliphatic carbocycles.